The summed E-state index contributed by atoms with van der Waals surface area (Å²) in [6.07, 6.45) is 0. The number of nitrogen functional groups attached to an aromatic ring is 1. The fourth-order valence-corrected chi connectivity index (χ4v) is 2.76. The third kappa shape index (κ3) is 2.87. The number of nitrogens with one attached hydrogen (secondary N) is 1. The van der Waals surface area contributed by atoms with E-state index >= 15 is 0 Å². The fourth-order valence-electron chi connectivity index (χ4n) is 1.39. The van der Waals surface area contributed by atoms with Gasteiger partial charge in [-0.2, -0.15) is 0 Å². The van der Waals surface area contributed by atoms with E-state index in [0.717, 1.165) is 9.35 Å². The average molecular weight is 311 g/mol. The molecular formula is C12H11BrN2OS. The Bertz CT molecular complexity index is 539. The molecule has 0 spiro atoms. The lowest BCUT2D eigenvalue weighted by Crippen LogP contribution is -2.12. The molecule has 3 N–H and O–H groups in total. The first-order chi connectivity index (χ1) is 8.18. The van der Waals surface area contributed by atoms with E-state index in [1.54, 1.807) is 17.4 Å². The first-order valence-electron chi connectivity index (χ1n) is 4.96. The van der Waals surface area contributed by atoms with E-state index in [1.165, 1.54) is 0 Å². The van der Waals surface area contributed by atoms with Crippen LogP contribution < -0.4 is 10.5 Å². The molecule has 0 saturated carbocycles. The zero-order valence-electron chi connectivity index (χ0n) is 8.94. The lowest BCUT2D eigenvalue weighted by molar-refractivity contribution is 0.308. The summed E-state index contributed by atoms with van der Waals surface area (Å²) in [5, 5.41) is 9.46. The minimum absolute atomic E-state index is 0.0193. The highest BCUT2D eigenvalue weighted by molar-refractivity contribution is 9.10. The van der Waals surface area contributed by atoms with Gasteiger partial charge in [0, 0.05) is 4.47 Å². The summed E-state index contributed by atoms with van der Waals surface area (Å²) in [6.45, 7) is 0.475. The van der Waals surface area contributed by atoms with Crippen molar-refractivity contribution >= 4 is 33.1 Å². The van der Waals surface area contributed by atoms with Crippen LogP contribution >= 0.6 is 27.3 Å². The average Bonchev–Trinajstić information content (AvgIpc) is 2.72. The maximum absolute atomic E-state index is 7.46. The number of para-hydroxylation sites is 1. The first kappa shape index (κ1) is 12.1. The van der Waals surface area contributed by atoms with E-state index in [1.807, 2.05) is 29.6 Å². The minimum atomic E-state index is 0.0193. The van der Waals surface area contributed by atoms with E-state index in [-0.39, 0.29) is 5.84 Å². The van der Waals surface area contributed by atoms with Gasteiger partial charge in [-0.25, -0.2) is 0 Å². The predicted molar refractivity (Wildman–Crippen MR) is 73.8 cm³/mol. The fraction of sp³-hybridized carbons (Fsp3) is 0.0833. The number of halogens is 1. The molecule has 0 fully saturated rings. The van der Waals surface area contributed by atoms with Gasteiger partial charge in [0.1, 0.15) is 18.2 Å². The molecule has 88 valence electrons. The molecule has 0 aliphatic rings. The van der Waals surface area contributed by atoms with Crippen molar-refractivity contribution in [3.05, 3.63) is 50.6 Å². The van der Waals surface area contributed by atoms with E-state index in [0.29, 0.717) is 17.9 Å². The third-order valence-electron chi connectivity index (χ3n) is 2.23. The zero-order chi connectivity index (χ0) is 12.3. The quantitative estimate of drug-likeness (QED) is 0.672. The third-order valence-corrected chi connectivity index (χ3v) is 4.13. The standard InChI is InChI=1S/C12H11BrN2OS/c13-9-5-6-17-11(9)7-16-10-4-2-1-3-8(10)12(14)15/h1-6H,7H2,(H3,14,15). The second-order valence-electron chi connectivity index (χ2n) is 3.39. The molecule has 0 atom stereocenters. The molecule has 0 radical (unpaired) electrons. The monoisotopic (exact) mass is 310 g/mol. The van der Waals surface area contributed by atoms with Crippen molar-refractivity contribution in [3.63, 3.8) is 0 Å². The van der Waals surface area contributed by atoms with E-state index in [9.17, 15) is 0 Å². The lowest BCUT2D eigenvalue weighted by atomic mass is 10.2. The highest BCUT2D eigenvalue weighted by atomic mass is 79.9. The van der Waals surface area contributed by atoms with E-state index < -0.39 is 0 Å². The Morgan fingerprint density at radius 2 is 2.12 bits per heavy atom. The molecule has 0 amide bonds. The summed E-state index contributed by atoms with van der Waals surface area (Å²) in [5.41, 5.74) is 6.12. The number of ether oxygens (including phenoxy) is 1. The normalized spacial score (nSPS) is 10.2. The topological polar surface area (TPSA) is 59.1 Å². The lowest BCUT2D eigenvalue weighted by Gasteiger charge is -2.09. The van der Waals surface area contributed by atoms with Gasteiger partial charge >= 0.3 is 0 Å². The Balaban J connectivity index is 2.14. The van der Waals surface area contributed by atoms with Crippen LogP contribution in [0.3, 0.4) is 0 Å². The van der Waals surface area contributed by atoms with Crippen molar-refractivity contribution in [2.75, 3.05) is 0 Å². The molecule has 17 heavy (non-hydrogen) atoms. The van der Waals surface area contributed by atoms with Crippen molar-refractivity contribution in [3.8, 4) is 5.75 Å². The van der Waals surface area contributed by atoms with Crippen LogP contribution in [-0.2, 0) is 6.61 Å². The summed E-state index contributed by atoms with van der Waals surface area (Å²) >= 11 is 5.08. The Kier molecular flexibility index (Phi) is 3.81. The maximum Gasteiger partial charge on any atom is 0.130 e. The zero-order valence-corrected chi connectivity index (χ0v) is 11.3. The molecule has 3 nitrogen and oxygen atoms in total. The van der Waals surface area contributed by atoms with Gasteiger partial charge < -0.3 is 10.5 Å². The summed E-state index contributed by atoms with van der Waals surface area (Å²) < 4.78 is 6.73. The van der Waals surface area contributed by atoms with Crippen LogP contribution in [0.5, 0.6) is 5.75 Å². The second-order valence-corrected chi connectivity index (χ2v) is 5.25. The number of thiophene rings is 1. The molecule has 0 bridgehead atoms. The molecule has 0 aliphatic heterocycles. The summed E-state index contributed by atoms with van der Waals surface area (Å²) in [7, 11) is 0. The van der Waals surface area contributed by atoms with Gasteiger partial charge in [0.25, 0.3) is 0 Å². The second kappa shape index (κ2) is 5.33. The molecule has 0 unspecified atom stereocenters. The van der Waals surface area contributed by atoms with Gasteiger partial charge in [-0.1, -0.05) is 12.1 Å². The molecule has 2 aromatic rings. The maximum atomic E-state index is 7.46. The molecule has 2 rings (SSSR count). The Labute approximate surface area is 112 Å². The van der Waals surface area contributed by atoms with E-state index in [2.05, 4.69) is 15.9 Å². The van der Waals surface area contributed by atoms with Crippen LogP contribution in [0, 0.1) is 5.41 Å². The van der Waals surface area contributed by atoms with Crippen LogP contribution in [0.2, 0.25) is 0 Å². The largest absolute Gasteiger partial charge is 0.487 e. The van der Waals surface area contributed by atoms with Crippen LogP contribution in [-0.4, -0.2) is 5.84 Å². The van der Waals surface area contributed by atoms with Gasteiger partial charge in [-0.3, -0.25) is 5.41 Å². The van der Waals surface area contributed by atoms with Gasteiger partial charge in [0.15, 0.2) is 0 Å². The SMILES string of the molecule is N=C(N)c1ccccc1OCc1sccc1Br. The van der Waals surface area contributed by atoms with Gasteiger partial charge in [-0.15, -0.1) is 11.3 Å². The molecule has 0 saturated heterocycles. The molecule has 1 aromatic heterocycles. The van der Waals surface area contributed by atoms with Crippen LogP contribution in [0.1, 0.15) is 10.4 Å². The van der Waals surface area contributed by atoms with Crippen molar-refractivity contribution in [2.24, 2.45) is 5.73 Å². The molecule has 0 aliphatic carbocycles. The van der Waals surface area contributed by atoms with E-state index in [4.69, 9.17) is 15.9 Å². The Hall–Kier alpha value is -1.33. The number of rotatable bonds is 4. The van der Waals surface area contributed by atoms with Crippen molar-refractivity contribution in [1.82, 2.24) is 0 Å². The minimum Gasteiger partial charge on any atom is -0.487 e. The van der Waals surface area contributed by atoms with Gasteiger partial charge in [0.05, 0.1) is 10.4 Å². The van der Waals surface area contributed by atoms with Crippen molar-refractivity contribution in [2.45, 2.75) is 6.61 Å². The van der Waals surface area contributed by atoms with Crippen LogP contribution in [0.15, 0.2) is 40.2 Å². The molecular weight excluding hydrogens is 300 g/mol. The van der Waals surface area contributed by atoms with Crippen LogP contribution in [0.25, 0.3) is 0 Å². The van der Waals surface area contributed by atoms with Crippen molar-refractivity contribution < 1.29 is 4.74 Å². The van der Waals surface area contributed by atoms with Crippen LogP contribution in [0.4, 0.5) is 0 Å². The molecule has 1 heterocycles. The first-order valence-corrected chi connectivity index (χ1v) is 6.64. The number of amidine groups is 1. The number of nitrogens with two attached hydrogens (primary N) is 1. The summed E-state index contributed by atoms with van der Waals surface area (Å²) in [5.74, 6) is 0.658. The Morgan fingerprint density at radius 1 is 1.35 bits per heavy atom. The predicted octanol–water partition coefficient (Wildman–Crippen LogP) is 3.37. The highest BCUT2D eigenvalue weighted by Gasteiger charge is 2.07. The summed E-state index contributed by atoms with van der Waals surface area (Å²) in [6, 6.07) is 9.29. The Morgan fingerprint density at radius 3 is 2.76 bits per heavy atom. The highest BCUT2D eigenvalue weighted by Crippen LogP contribution is 2.25. The number of hydrogen-bond donors (Lipinski definition) is 2. The molecule has 5 heteroatoms. The number of hydrogen-bond acceptors (Lipinski definition) is 3. The van der Waals surface area contributed by atoms with Gasteiger partial charge in [0.2, 0.25) is 0 Å². The smallest absolute Gasteiger partial charge is 0.130 e. The van der Waals surface area contributed by atoms with Crippen molar-refractivity contribution in [1.29, 1.82) is 5.41 Å². The van der Waals surface area contributed by atoms with Gasteiger partial charge in [-0.05, 0) is 39.5 Å². The number of benzene rings is 1. The molecule has 1 aromatic carbocycles. The summed E-state index contributed by atoms with van der Waals surface area (Å²) in [4.78, 5) is 1.11.